The van der Waals surface area contributed by atoms with Gasteiger partial charge in [0.25, 0.3) is 0 Å². The summed E-state index contributed by atoms with van der Waals surface area (Å²) in [6.45, 7) is 27.0. The number of rotatable bonds is 6. The molecule has 1 aromatic rings. The molecule has 34 heavy (non-hydrogen) atoms. The Morgan fingerprint density at radius 1 is 1.29 bits per heavy atom. The lowest BCUT2D eigenvalue weighted by Crippen LogP contribution is -2.51. The molecule has 8 nitrogen and oxygen atoms in total. The Morgan fingerprint density at radius 2 is 2.00 bits per heavy atom. The number of ether oxygens (including phenoxy) is 2. The number of hydrogen-bond acceptors (Lipinski definition) is 5. The Kier molecular flexibility index (Phi) is 7.05. The highest BCUT2D eigenvalue weighted by Crippen LogP contribution is 2.46. The fraction of sp³-hybridized carbons (Fsp3) is 0.500. The second kappa shape index (κ2) is 9.63. The lowest BCUT2D eigenvalue weighted by Gasteiger charge is -2.38. The van der Waals surface area contributed by atoms with Crippen LogP contribution in [0.15, 0.2) is 46.6 Å². The van der Waals surface area contributed by atoms with Crippen molar-refractivity contribution in [1.82, 2.24) is 4.90 Å². The van der Waals surface area contributed by atoms with E-state index in [9.17, 15) is 9.59 Å². The average Bonchev–Trinajstić information content (AvgIpc) is 3.37. The first-order valence-electron chi connectivity index (χ1n) is 11.2. The smallest absolute Gasteiger partial charge is 0.460 e. The number of fused-ring (bicyclic) bond motifs is 2. The zero-order valence-electron chi connectivity index (χ0n) is 20.0. The molecule has 1 saturated heterocycles. The standard InChI is InChI=1S/C26H29N3O5/c1-8-10-19-20(15-17-11-13-21(19)29(17)24(31)34-25(3,4)5)26(27-6,28-7)16-18-12-14-22(33-18)23(30)32-9-2/h10,12,14-15,17,19,21H,1,9,11,13,16H2,2-5H3/t17?,19-,21?/m1/s1. The van der Waals surface area contributed by atoms with Gasteiger partial charge in [-0.3, -0.25) is 4.90 Å². The van der Waals surface area contributed by atoms with Crippen molar-refractivity contribution in [3.63, 3.8) is 0 Å². The Hall–Kier alpha value is -3.74. The lowest BCUT2D eigenvalue weighted by atomic mass is 9.79. The number of nitrogens with zero attached hydrogens (tertiary/aromatic N) is 3. The van der Waals surface area contributed by atoms with Gasteiger partial charge in [0.2, 0.25) is 5.76 Å². The van der Waals surface area contributed by atoms with E-state index >= 15 is 0 Å². The summed E-state index contributed by atoms with van der Waals surface area (Å²) < 4.78 is 16.2. The minimum Gasteiger partial charge on any atom is -0.460 e. The number of amides is 1. The third-order valence-electron chi connectivity index (χ3n) is 5.91. The zero-order chi connectivity index (χ0) is 25.1. The highest BCUT2D eigenvalue weighted by Gasteiger charge is 2.58. The van der Waals surface area contributed by atoms with Crippen molar-refractivity contribution in [2.45, 2.75) is 70.3 Å². The van der Waals surface area contributed by atoms with E-state index in [1.807, 2.05) is 26.8 Å². The molecule has 0 aliphatic carbocycles. The average molecular weight is 464 g/mol. The summed E-state index contributed by atoms with van der Waals surface area (Å²) in [6, 6.07) is 2.51. The molecule has 178 valence electrons. The highest BCUT2D eigenvalue weighted by atomic mass is 16.6. The highest BCUT2D eigenvalue weighted by molar-refractivity contribution is 5.86. The summed E-state index contributed by atoms with van der Waals surface area (Å²) in [6.07, 6.45) is 4.50. The number of carbonyl (C=O) groups is 2. The van der Waals surface area contributed by atoms with E-state index in [1.165, 1.54) is 6.07 Å². The van der Waals surface area contributed by atoms with Crippen molar-refractivity contribution in [3.8, 4) is 0 Å². The molecule has 0 aromatic carbocycles. The van der Waals surface area contributed by atoms with E-state index in [2.05, 4.69) is 22.0 Å². The maximum Gasteiger partial charge on any atom is 0.513 e. The third kappa shape index (κ3) is 4.78. The summed E-state index contributed by atoms with van der Waals surface area (Å²) in [7, 11) is 0. The molecular weight excluding hydrogens is 434 g/mol. The summed E-state index contributed by atoms with van der Waals surface area (Å²) >= 11 is 0. The van der Waals surface area contributed by atoms with E-state index in [4.69, 9.17) is 27.0 Å². The van der Waals surface area contributed by atoms with Crippen LogP contribution in [0.4, 0.5) is 4.79 Å². The normalized spacial score (nSPS) is 21.5. The second-order valence-corrected chi connectivity index (χ2v) is 9.32. The van der Waals surface area contributed by atoms with Crippen LogP contribution in [0.25, 0.3) is 9.69 Å². The molecule has 0 radical (unpaired) electrons. The minimum atomic E-state index is -1.59. The van der Waals surface area contributed by atoms with Crippen molar-refractivity contribution in [2.75, 3.05) is 6.61 Å². The Bertz CT molecular complexity index is 1110. The Morgan fingerprint density at radius 3 is 2.59 bits per heavy atom. The molecule has 2 aliphatic heterocycles. The van der Waals surface area contributed by atoms with Crippen molar-refractivity contribution in [1.29, 1.82) is 0 Å². The number of carbonyl (C=O) groups excluding carboxylic acids is 2. The van der Waals surface area contributed by atoms with E-state index in [-0.39, 0.29) is 30.9 Å². The van der Waals surface area contributed by atoms with E-state index in [0.717, 1.165) is 0 Å². The van der Waals surface area contributed by atoms with Crippen LogP contribution in [0.5, 0.6) is 0 Å². The summed E-state index contributed by atoms with van der Waals surface area (Å²) in [5, 5.41) is 0. The predicted molar refractivity (Wildman–Crippen MR) is 124 cm³/mol. The van der Waals surface area contributed by atoms with Gasteiger partial charge in [0.1, 0.15) is 16.9 Å². The molecule has 8 heteroatoms. The van der Waals surface area contributed by atoms with Crippen LogP contribution in [-0.4, -0.2) is 46.9 Å². The minimum absolute atomic E-state index is 0.0250. The van der Waals surface area contributed by atoms with Gasteiger partial charge in [-0.2, -0.15) is 0 Å². The maximum absolute atomic E-state index is 13.0. The van der Waals surface area contributed by atoms with E-state index in [1.54, 1.807) is 24.0 Å². The topological polar surface area (TPSA) is 77.7 Å². The Balaban J connectivity index is 1.99. The quantitative estimate of drug-likeness (QED) is 0.251. The van der Waals surface area contributed by atoms with Gasteiger partial charge in [0.05, 0.1) is 12.6 Å². The molecule has 2 unspecified atom stereocenters. The van der Waals surface area contributed by atoms with Crippen LogP contribution in [0.2, 0.25) is 0 Å². The zero-order valence-corrected chi connectivity index (χ0v) is 20.0. The van der Waals surface area contributed by atoms with Crippen molar-refractivity contribution >= 4 is 12.1 Å². The lowest BCUT2D eigenvalue weighted by molar-refractivity contribution is 0.0134. The fourth-order valence-electron chi connectivity index (χ4n) is 4.58. The first-order valence-corrected chi connectivity index (χ1v) is 11.2. The molecule has 1 amide bonds. The number of esters is 1. The summed E-state index contributed by atoms with van der Waals surface area (Å²) in [5.41, 5.74) is 1.15. The van der Waals surface area contributed by atoms with Gasteiger partial charge in [-0.1, -0.05) is 6.58 Å². The molecule has 2 aliphatic rings. The van der Waals surface area contributed by atoms with Crippen molar-refractivity contribution in [3.05, 3.63) is 76.5 Å². The van der Waals surface area contributed by atoms with E-state index in [0.29, 0.717) is 24.2 Å². The number of hydrogen-bond donors (Lipinski definition) is 0. The van der Waals surface area contributed by atoms with E-state index < -0.39 is 29.2 Å². The van der Waals surface area contributed by atoms with Crippen molar-refractivity contribution in [2.24, 2.45) is 5.92 Å². The van der Waals surface area contributed by atoms with Crippen LogP contribution in [0.1, 0.15) is 56.9 Å². The third-order valence-corrected chi connectivity index (χ3v) is 5.91. The van der Waals surface area contributed by atoms with Gasteiger partial charge in [-0.15, -0.1) is 5.73 Å². The molecule has 2 bridgehead atoms. The summed E-state index contributed by atoms with van der Waals surface area (Å²) in [5.74, 6) is -0.664. The molecule has 0 spiro atoms. The molecule has 3 heterocycles. The van der Waals surface area contributed by atoms with Crippen LogP contribution in [-0.2, 0) is 15.9 Å². The SMILES string of the molecule is [C-]#[N+]C(Cc1ccc(C(=O)OCC)o1)([N+]#[C-])C1=CC2CCC([C@@H]1C=C=C)N2C(=O)OC(C)(C)C. The van der Waals surface area contributed by atoms with Crippen molar-refractivity contribution < 1.29 is 23.5 Å². The number of furan rings is 1. The first-order chi connectivity index (χ1) is 16.1. The Labute approximate surface area is 200 Å². The van der Waals surface area contributed by atoms with Crippen LogP contribution >= 0.6 is 0 Å². The van der Waals surface area contributed by atoms with Gasteiger partial charge in [-0.25, -0.2) is 32.4 Å². The molecule has 0 saturated carbocycles. The van der Waals surface area contributed by atoms with Gasteiger partial charge < -0.3 is 13.9 Å². The van der Waals surface area contributed by atoms with Gasteiger partial charge >= 0.3 is 17.7 Å². The molecule has 1 aromatic heterocycles. The van der Waals surface area contributed by atoms with Gasteiger partial charge in [0.15, 0.2) is 6.42 Å². The molecule has 3 atom stereocenters. The van der Waals surface area contributed by atoms with Gasteiger partial charge in [0, 0.05) is 12.0 Å². The molecule has 3 rings (SSSR count). The van der Waals surface area contributed by atoms with Crippen LogP contribution in [0.3, 0.4) is 0 Å². The molecular formula is C26H29N3O5. The molecule has 1 fully saturated rings. The largest absolute Gasteiger partial charge is 0.513 e. The summed E-state index contributed by atoms with van der Waals surface area (Å²) in [4.78, 5) is 34.2. The first kappa shape index (κ1) is 24.9. The maximum atomic E-state index is 13.0. The van der Waals surface area contributed by atoms with Crippen LogP contribution < -0.4 is 0 Å². The second-order valence-electron chi connectivity index (χ2n) is 9.32. The van der Waals surface area contributed by atoms with Gasteiger partial charge in [-0.05, 0) is 64.8 Å². The fourth-order valence-corrected chi connectivity index (χ4v) is 4.58. The predicted octanol–water partition coefficient (Wildman–Crippen LogP) is 5.20. The monoisotopic (exact) mass is 463 g/mol. The molecule has 0 N–H and O–H groups in total. The van der Waals surface area contributed by atoms with Crippen LogP contribution in [0, 0.1) is 19.1 Å².